The smallest absolute Gasteiger partial charge is 0.309 e. The number of fused-ring (bicyclic) bond motifs is 1. The molecule has 4 rings (SSSR count). The second kappa shape index (κ2) is 13.9. The first-order valence-corrected chi connectivity index (χ1v) is 15.8. The van der Waals surface area contributed by atoms with Gasteiger partial charge in [0.2, 0.25) is 0 Å². The fraction of sp³-hybridized carbons (Fsp3) is 0.625. The number of nitrogens with zero attached hydrogens (tertiary/aromatic N) is 2. The minimum atomic E-state index is -1.27. The highest BCUT2D eigenvalue weighted by molar-refractivity contribution is 7.09. The number of cyclic esters (lactones) is 1. The summed E-state index contributed by atoms with van der Waals surface area (Å²) in [4.78, 5) is 35.5. The zero-order valence-electron chi connectivity index (χ0n) is 25.4. The number of hydrogen-bond donors (Lipinski definition) is 3. The van der Waals surface area contributed by atoms with Gasteiger partial charge in [-0.15, -0.1) is 11.3 Å². The van der Waals surface area contributed by atoms with E-state index in [0.717, 1.165) is 41.1 Å². The maximum absolute atomic E-state index is 13.4. The summed E-state index contributed by atoms with van der Waals surface area (Å²) in [7, 11) is 0. The molecule has 8 atom stereocenters. The van der Waals surface area contributed by atoms with Crippen molar-refractivity contribution in [3.05, 3.63) is 51.7 Å². The minimum Gasteiger partial charge on any atom is -0.458 e. The van der Waals surface area contributed by atoms with Gasteiger partial charge in [-0.1, -0.05) is 40.2 Å². The summed E-state index contributed by atoms with van der Waals surface area (Å²) in [5, 5.41) is 28.6. The molecule has 2 aromatic heterocycles. The highest BCUT2D eigenvalue weighted by Crippen LogP contribution is 2.35. The zero-order valence-corrected chi connectivity index (χ0v) is 26.3. The van der Waals surface area contributed by atoms with Crippen LogP contribution in [0.1, 0.15) is 89.2 Å². The van der Waals surface area contributed by atoms with Crippen molar-refractivity contribution in [1.29, 1.82) is 0 Å². The molecule has 2 saturated heterocycles. The standard InChI is InChI=1S/C32H45N3O6S/c1-18-9-7-11-24-26(41-31(35-24)22-10-8-12-33-16-22)14-25(19(2)13-23-17-42-21(4)34-23)40-28(37)15-27(36)32(5,6)30(39)20(3)29(18)38/h8,10,12-13,16-18,20,24-27,29,31,35-36,38H,7,9,11,14-15H2,1-6H3/b19-13+/t18-,20+,24-,25-,26-,27-,29-,31?/m0/s1. The van der Waals surface area contributed by atoms with Crippen LogP contribution in [-0.4, -0.2) is 62.4 Å². The first kappa shape index (κ1) is 32.4. The molecule has 0 saturated carbocycles. The van der Waals surface area contributed by atoms with Gasteiger partial charge >= 0.3 is 5.97 Å². The lowest BCUT2D eigenvalue weighted by atomic mass is 9.73. The number of carbonyl (C=O) groups excluding carboxylic acids is 2. The summed E-state index contributed by atoms with van der Waals surface area (Å²) in [5.41, 5.74) is 1.28. The Hall–Kier alpha value is -2.50. The van der Waals surface area contributed by atoms with Gasteiger partial charge in [-0.25, -0.2) is 4.98 Å². The van der Waals surface area contributed by atoms with E-state index < -0.39 is 35.6 Å². The largest absolute Gasteiger partial charge is 0.458 e. The first-order valence-electron chi connectivity index (χ1n) is 14.9. The van der Waals surface area contributed by atoms with Crippen LogP contribution in [0, 0.1) is 24.2 Å². The zero-order chi connectivity index (χ0) is 30.6. The van der Waals surface area contributed by atoms with Gasteiger partial charge in [0.25, 0.3) is 0 Å². The number of pyridine rings is 1. The van der Waals surface area contributed by atoms with Gasteiger partial charge in [0.15, 0.2) is 0 Å². The number of esters is 1. The fourth-order valence-corrected chi connectivity index (χ4v) is 6.54. The van der Waals surface area contributed by atoms with Gasteiger partial charge < -0.3 is 19.7 Å². The number of ketones is 1. The van der Waals surface area contributed by atoms with Crippen LogP contribution in [0.4, 0.5) is 0 Å². The van der Waals surface area contributed by atoms with Crippen LogP contribution in [0.2, 0.25) is 0 Å². The van der Waals surface area contributed by atoms with E-state index in [0.29, 0.717) is 6.42 Å². The number of thiazole rings is 1. The molecular formula is C32H45N3O6S. The molecule has 230 valence electrons. The third kappa shape index (κ3) is 7.71. The molecule has 0 aromatic carbocycles. The number of aliphatic hydroxyl groups is 2. The third-order valence-corrected chi connectivity index (χ3v) is 9.66. The monoisotopic (exact) mass is 599 g/mol. The molecule has 42 heavy (non-hydrogen) atoms. The Morgan fingerprint density at radius 1 is 1.21 bits per heavy atom. The van der Waals surface area contributed by atoms with Crippen molar-refractivity contribution in [2.24, 2.45) is 17.3 Å². The molecule has 2 aliphatic rings. The van der Waals surface area contributed by atoms with Gasteiger partial charge in [-0.3, -0.25) is 19.9 Å². The number of nitrogens with one attached hydrogen (secondary N) is 1. The molecule has 4 heterocycles. The predicted octanol–water partition coefficient (Wildman–Crippen LogP) is 4.77. The van der Waals surface area contributed by atoms with Crippen LogP contribution in [0.5, 0.6) is 0 Å². The number of aromatic nitrogens is 2. The van der Waals surface area contributed by atoms with Gasteiger partial charge in [0.1, 0.15) is 18.1 Å². The summed E-state index contributed by atoms with van der Waals surface area (Å²) in [6.45, 7) is 10.8. The Labute approximate surface area is 252 Å². The molecule has 0 amide bonds. The topological polar surface area (TPSA) is 131 Å². The average Bonchev–Trinajstić information content (AvgIpc) is 3.56. The number of ether oxygens (including phenoxy) is 2. The van der Waals surface area contributed by atoms with E-state index in [4.69, 9.17) is 9.47 Å². The molecule has 2 aliphatic heterocycles. The highest BCUT2D eigenvalue weighted by Gasteiger charge is 2.43. The van der Waals surface area contributed by atoms with Crippen molar-refractivity contribution < 1.29 is 29.3 Å². The number of rotatable bonds is 3. The van der Waals surface area contributed by atoms with E-state index in [-0.39, 0.29) is 36.5 Å². The molecule has 1 unspecified atom stereocenters. The maximum atomic E-state index is 13.4. The number of Topliss-reactive ketones (excluding diaryl/α,β-unsaturated/α-hetero) is 1. The summed E-state index contributed by atoms with van der Waals surface area (Å²) in [6.07, 6.45) is 4.40. The summed E-state index contributed by atoms with van der Waals surface area (Å²) in [6, 6.07) is 3.80. The molecule has 0 aliphatic carbocycles. The van der Waals surface area contributed by atoms with Crippen LogP contribution in [-0.2, 0) is 19.1 Å². The minimum absolute atomic E-state index is 0.0356. The van der Waals surface area contributed by atoms with E-state index in [1.807, 2.05) is 44.4 Å². The Kier molecular flexibility index (Phi) is 10.7. The van der Waals surface area contributed by atoms with Crippen LogP contribution in [0.15, 0.2) is 35.5 Å². The molecule has 3 N–H and O–H groups in total. The van der Waals surface area contributed by atoms with E-state index in [2.05, 4.69) is 15.3 Å². The molecular weight excluding hydrogens is 554 g/mol. The highest BCUT2D eigenvalue weighted by atomic mass is 32.1. The van der Waals surface area contributed by atoms with Crippen molar-refractivity contribution in [1.82, 2.24) is 15.3 Å². The van der Waals surface area contributed by atoms with E-state index >= 15 is 0 Å². The predicted molar refractivity (Wildman–Crippen MR) is 161 cm³/mol. The molecule has 0 spiro atoms. The fourth-order valence-electron chi connectivity index (χ4n) is 5.97. The second-order valence-electron chi connectivity index (χ2n) is 12.5. The van der Waals surface area contributed by atoms with Gasteiger partial charge in [0, 0.05) is 41.7 Å². The summed E-state index contributed by atoms with van der Waals surface area (Å²) >= 11 is 1.55. The number of hydrogen-bond acceptors (Lipinski definition) is 10. The normalized spacial score (nSPS) is 33.7. The van der Waals surface area contributed by atoms with Gasteiger partial charge in [0.05, 0.1) is 40.8 Å². The molecule has 9 nitrogen and oxygen atoms in total. The lowest BCUT2D eigenvalue weighted by Gasteiger charge is -2.35. The quantitative estimate of drug-likeness (QED) is 0.427. The first-order chi connectivity index (χ1) is 19.9. The molecule has 10 heteroatoms. The summed E-state index contributed by atoms with van der Waals surface area (Å²) < 4.78 is 12.6. The van der Waals surface area contributed by atoms with Crippen molar-refractivity contribution in [2.75, 3.05) is 0 Å². The van der Waals surface area contributed by atoms with Crippen LogP contribution >= 0.6 is 11.3 Å². The Morgan fingerprint density at radius 3 is 2.64 bits per heavy atom. The van der Waals surface area contributed by atoms with Crippen molar-refractivity contribution >= 4 is 29.2 Å². The van der Waals surface area contributed by atoms with E-state index in [9.17, 15) is 19.8 Å². The van der Waals surface area contributed by atoms with Crippen LogP contribution in [0.25, 0.3) is 6.08 Å². The number of carbonyl (C=O) groups is 2. The van der Waals surface area contributed by atoms with Crippen LogP contribution < -0.4 is 5.32 Å². The SMILES string of the molecule is C/C(=C\c1csc(C)n1)[C@@H]1C[C@@H]2OC(c3cccnc3)N[C@H]2CCC[C@H](C)[C@H](O)[C@@H](C)C(=O)C(C)(C)[C@@H](O)CC(=O)O1. The van der Waals surface area contributed by atoms with Crippen molar-refractivity contribution in [2.45, 2.75) is 110 Å². The lowest BCUT2D eigenvalue weighted by molar-refractivity contribution is -0.155. The Balaban J connectivity index is 1.65. The van der Waals surface area contributed by atoms with Crippen molar-refractivity contribution in [3.63, 3.8) is 0 Å². The average molecular weight is 600 g/mol. The molecule has 2 aromatic rings. The summed E-state index contributed by atoms with van der Waals surface area (Å²) in [5.74, 6) is -1.69. The van der Waals surface area contributed by atoms with Gasteiger partial charge in [-0.05, 0) is 50.3 Å². The Bertz CT molecular complexity index is 1250. The van der Waals surface area contributed by atoms with E-state index in [1.165, 1.54) is 0 Å². The number of aryl methyl sites for hydroxylation is 1. The van der Waals surface area contributed by atoms with E-state index in [1.54, 1.807) is 44.5 Å². The lowest BCUT2D eigenvalue weighted by Crippen LogP contribution is -2.46. The van der Waals surface area contributed by atoms with Crippen molar-refractivity contribution in [3.8, 4) is 0 Å². The second-order valence-corrected chi connectivity index (χ2v) is 13.6. The maximum Gasteiger partial charge on any atom is 0.309 e. The van der Waals surface area contributed by atoms with Gasteiger partial charge in [-0.2, -0.15) is 0 Å². The van der Waals surface area contributed by atoms with Crippen LogP contribution in [0.3, 0.4) is 0 Å². The number of aliphatic hydroxyl groups excluding tert-OH is 2. The molecule has 0 radical (unpaired) electrons. The molecule has 0 bridgehead atoms. The third-order valence-electron chi connectivity index (χ3n) is 8.86. The Morgan fingerprint density at radius 2 is 1.98 bits per heavy atom. The molecule has 2 fully saturated rings.